The first-order chi connectivity index (χ1) is 8.74. The van der Waals surface area contributed by atoms with Gasteiger partial charge in [-0.05, 0) is 53.2 Å². The van der Waals surface area contributed by atoms with E-state index in [1.807, 2.05) is 0 Å². The first-order valence-corrected chi connectivity index (χ1v) is 6.96. The number of hydrogen-bond acceptors (Lipinski definition) is 4. The van der Waals surface area contributed by atoms with Gasteiger partial charge in [0, 0.05) is 19.7 Å². The van der Waals surface area contributed by atoms with Gasteiger partial charge in [0.1, 0.15) is 16.5 Å². The van der Waals surface area contributed by atoms with Crippen molar-refractivity contribution in [2.24, 2.45) is 5.92 Å². The normalized spacial score (nSPS) is 20.3. The Morgan fingerprint density at radius 3 is 3.00 bits per heavy atom. The highest BCUT2D eigenvalue weighted by Crippen LogP contribution is 2.25. The summed E-state index contributed by atoms with van der Waals surface area (Å²) in [5.41, 5.74) is 0.612. The van der Waals surface area contributed by atoms with Crippen LogP contribution in [-0.2, 0) is 0 Å². The average Bonchev–Trinajstić information content (AvgIpc) is 2.63. The first kappa shape index (κ1) is 13.3. The fourth-order valence-electron chi connectivity index (χ4n) is 2.31. The van der Waals surface area contributed by atoms with Gasteiger partial charge in [0.25, 0.3) is 0 Å². The minimum atomic E-state index is 0.255. The van der Waals surface area contributed by atoms with E-state index in [1.54, 1.807) is 12.1 Å². The number of anilines is 1. The van der Waals surface area contributed by atoms with Crippen LogP contribution in [0.2, 0.25) is 0 Å². The van der Waals surface area contributed by atoms with Crippen molar-refractivity contribution in [2.45, 2.75) is 19.3 Å². The Morgan fingerprint density at radius 1 is 1.44 bits per heavy atom. The summed E-state index contributed by atoms with van der Waals surface area (Å²) in [6.07, 6.45) is 3.03. The predicted octanol–water partition coefficient (Wildman–Crippen LogP) is 2.31. The summed E-state index contributed by atoms with van der Waals surface area (Å²) >= 11 is 3.35. The van der Waals surface area contributed by atoms with Crippen molar-refractivity contribution in [3.05, 3.63) is 22.3 Å². The lowest BCUT2D eigenvalue weighted by molar-refractivity contribution is 0.215. The fraction of sp³-hybridized carbons (Fsp3) is 0.538. The minimum Gasteiger partial charge on any atom is -0.396 e. The lowest BCUT2D eigenvalue weighted by Gasteiger charge is -2.22. The summed E-state index contributed by atoms with van der Waals surface area (Å²) in [4.78, 5) is 6.57. The van der Waals surface area contributed by atoms with Gasteiger partial charge in [-0.1, -0.05) is 0 Å². The first-order valence-electron chi connectivity index (χ1n) is 6.17. The van der Waals surface area contributed by atoms with Crippen LogP contribution in [0.4, 0.5) is 5.82 Å². The van der Waals surface area contributed by atoms with E-state index >= 15 is 0 Å². The number of hydrogen-bond donors (Lipinski definition) is 1. The topological polar surface area (TPSA) is 60.2 Å². The van der Waals surface area contributed by atoms with Gasteiger partial charge < -0.3 is 10.0 Å². The fourth-order valence-corrected chi connectivity index (χ4v) is 2.61. The van der Waals surface area contributed by atoms with E-state index in [-0.39, 0.29) is 6.61 Å². The van der Waals surface area contributed by atoms with Crippen LogP contribution in [0, 0.1) is 17.2 Å². The zero-order chi connectivity index (χ0) is 13.0. The molecule has 18 heavy (non-hydrogen) atoms. The van der Waals surface area contributed by atoms with E-state index in [0.29, 0.717) is 11.5 Å². The van der Waals surface area contributed by atoms with Crippen molar-refractivity contribution in [1.82, 2.24) is 4.98 Å². The van der Waals surface area contributed by atoms with Crippen molar-refractivity contribution in [3.8, 4) is 6.07 Å². The lowest BCUT2D eigenvalue weighted by Crippen LogP contribution is -2.26. The number of aliphatic hydroxyl groups excluding tert-OH is 1. The molecule has 1 N–H and O–H groups in total. The number of rotatable bonds is 2. The van der Waals surface area contributed by atoms with Crippen molar-refractivity contribution in [1.29, 1.82) is 5.26 Å². The summed E-state index contributed by atoms with van der Waals surface area (Å²) in [6, 6.07) is 5.77. The molecule has 0 radical (unpaired) electrons. The highest BCUT2D eigenvalue weighted by atomic mass is 79.9. The lowest BCUT2D eigenvalue weighted by atomic mass is 10.0. The van der Waals surface area contributed by atoms with Gasteiger partial charge >= 0.3 is 0 Å². The molecule has 0 bridgehead atoms. The maximum Gasteiger partial charge on any atom is 0.147 e. The Hall–Kier alpha value is -1.12. The molecule has 0 amide bonds. The molecule has 0 aliphatic carbocycles. The van der Waals surface area contributed by atoms with E-state index in [4.69, 9.17) is 5.26 Å². The molecule has 1 aliphatic heterocycles. The second-order valence-corrected chi connectivity index (χ2v) is 5.40. The Bertz CT molecular complexity index is 458. The SMILES string of the molecule is N#Cc1ccc(Br)nc1N1CCCC(CO)CC1. The average molecular weight is 310 g/mol. The minimum absolute atomic E-state index is 0.255. The largest absolute Gasteiger partial charge is 0.396 e. The molecule has 96 valence electrons. The second-order valence-electron chi connectivity index (χ2n) is 4.58. The highest BCUT2D eigenvalue weighted by molar-refractivity contribution is 9.10. The molecular weight excluding hydrogens is 294 g/mol. The standard InChI is InChI=1S/C13H16BrN3O/c14-12-4-3-11(8-15)13(16-12)17-6-1-2-10(9-18)5-7-17/h3-4,10,18H,1-2,5-7,9H2. The number of aromatic nitrogens is 1. The summed E-state index contributed by atoms with van der Waals surface area (Å²) in [5, 5.41) is 18.4. The van der Waals surface area contributed by atoms with Gasteiger partial charge in [0.05, 0.1) is 5.56 Å². The van der Waals surface area contributed by atoms with Crippen molar-refractivity contribution >= 4 is 21.7 Å². The van der Waals surface area contributed by atoms with Crippen molar-refractivity contribution in [3.63, 3.8) is 0 Å². The van der Waals surface area contributed by atoms with Crippen LogP contribution < -0.4 is 4.90 Å². The third-order valence-electron chi connectivity index (χ3n) is 3.37. The molecule has 1 saturated heterocycles. The maximum absolute atomic E-state index is 9.22. The zero-order valence-electron chi connectivity index (χ0n) is 10.1. The van der Waals surface area contributed by atoms with Crippen LogP contribution in [0.3, 0.4) is 0 Å². The quantitative estimate of drug-likeness (QED) is 0.852. The third-order valence-corrected chi connectivity index (χ3v) is 3.81. The Labute approximate surface area is 115 Å². The van der Waals surface area contributed by atoms with Crippen LogP contribution in [0.5, 0.6) is 0 Å². The summed E-state index contributed by atoms with van der Waals surface area (Å²) in [6.45, 7) is 2.00. The molecule has 0 aromatic carbocycles. The van der Waals surface area contributed by atoms with Crippen molar-refractivity contribution < 1.29 is 5.11 Å². The molecule has 0 saturated carbocycles. The third kappa shape index (κ3) is 3.01. The molecule has 1 unspecified atom stereocenters. The van der Waals surface area contributed by atoms with E-state index in [9.17, 15) is 5.11 Å². The predicted molar refractivity (Wildman–Crippen MR) is 73.3 cm³/mol. The van der Waals surface area contributed by atoms with E-state index in [1.165, 1.54) is 0 Å². The molecule has 0 spiro atoms. The molecule has 1 fully saturated rings. The Kier molecular flexibility index (Phi) is 4.56. The molecule has 1 aromatic rings. The van der Waals surface area contributed by atoms with E-state index in [2.05, 4.69) is 31.9 Å². The molecule has 4 nitrogen and oxygen atoms in total. The number of halogens is 1. The second kappa shape index (κ2) is 6.17. The van der Waals surface area contributed by atoms with Gasteiger partial charge in [-0.3, -0.25) is 0 Å². The van der Waals surface area contributed by atoms with Gasteiger partial charge in [0.2, 0.25) is 0 Å². The number of pyridine rings is 1. The van der Waals surface area contributed by atoms with Crippen LogP contribution >= 0.6 is 15.9 Å². The van der Waals surface area contributed by atoms with E-state index in [0.717, 1.165) is 42.8 Å². The molecule has 2 heterocycles. The highest BCUT2D eigenvalue weighted by Gasteiger charge is 2.19. The number of aliphatic hydroxyl groups is 1. The molecular formula is C13H16BrN3O. The van der Waals surface area contributed by atoms with E-state index < -0.39 is 0 Å². The van der Waals surface area contributed by atoms with Crippen LogP contribution in [0.15, 0.2) is 16.7 Å². The zero-order valence-corrected chi connectivity index (χ0v) is 11.7. The summed E-state index contributed by atoms with van der Waals surface area (Å²) in [5.74, 6) is 1.14. The summed E-state index contributed by atoms with van der Waals surface area (Å²) < 4.78 is 0.749. The monoisotopic (exact) mass is 309 g/mol. The Balaban J connectivity index is 2.21. The molecule has 1 aromatic heterocycles. The van der Waals surface area contributed by atoms with Crippen molar-refractivity contribution in [2.75, 3.05) is 24.6 Å². The van der Waals surface area contributed by atoms with Gasteiger partial charge in [-0.2, -0.15) is 5.26 Å². The molecule has 1 atom stereocenters. The number of nitriles is 1. The maximum atomic E-state index is 9.22. The van der Waals surface area contributed by atoms with Gasteiger partial charge in [-0.15, -0.1) is 0 Å². The van der Waals surface area contributed by atoms with Gasteiger partial charge in [0.15, 0.2) is 0 Å². The van der Waals surface area contributed by atoms with Crippen LogP contribution in [0.25, 0.3) is 0 Å². The smallest absolute Gasteiger partial charge is 0.147 e. The Morgan fingerprint density at radius 2 is 2.28 bits per heavy atom. The van der Waals surface area contributed by atoms with Crippen LogP contribution in [0.1, 0.15) is 24.8 Å². The van der Waals surface area contributed by atoms with Crippen LogP contribution in [-0.4, -0.2) is 29.8 Å². The summed E-state index contributed by atoms with van der Waals surface area (Å²) in [7, 11) is 0. The molecule has 5 heteroatoms. The molecule has 1 aliphatic rings. The van der Waals surface area contributed by atoms with Gasteiger partial charge in [-0.25, -0.2) is 4.98 Å². The number of nitrogens with zero attached hydrogens (tertiary/aromatic N) is 3. The molecule has 2 rings (SSSR count).